The van der Waals surface area contributed by atoms with Crippen LogP contribution in [0.15, 0.2) is 53.4 Å². The summed E-state index contributed by atoms with van der Waals surface area (Å²) in [6, 6.07) is 17.5. The summed E-state index contributed by atoms with van der Waals surface area (Å²) in [5.74, 6) is 0.555. The minimum Gasteiger partial charge on any atom is -0.366 e. The molecule has 2 rings (SSSR count). The number of benzene rings is 2. The topological polar surface area (TPSA) is 9.23 Å². The second-order valence-electron chi connectivity index (χ2n) is 6.16. The Labute approximate surface area is 139 Å². The first-order chi connectivity index (χ1) is 10.5. The van der Waals surface area contributed by atoms with Gasteiger partial charge in [0.25, 0.3) is 0 Å². The van der Waals surface area contributed by atoms with E-state index in [4.69, 9.17) is 4.74 Å². The highest BCUT2D eigenvalue weighted by Gasteiger charge is 2.16. The molecule has 1 atom stereocenters. The van der Waals surface area contributed by atoms with Crippen molar-refractivity contribution in [2.45, 2.75) is 50.7 Å². The Balaban J connectivity index is 2.32. The van der Waals surface area contributed by atoms with E-state index in [9.17, 15) is 0 Å². The minimum atomic E-state index is -0.00267. The van der Waals surface area contributed by atoms with Crippen molar-refractivity contribution in [1.82, 2.24) is 0 Å². The predicted octanol–water partition coefficient (Wildman–Crippen LogP) is 6.05. The van der Waals surface area contributed by atoms with Gasteiger partial charge in [-0.15, -0.1) is 11.8 Å². The lowest BCUT2D eigenvalue weighted by atomic mass is 9.97. The van der Waals surface area contributed by atoms with Gasteiger partial charge in [-0.2, -0.15) is 0 Å². The molecular formula is C20H26OS. The van der Waals surface area contributed by atoms with Crippen LogP contribution in [0.2, 0.25) is 0 Å². The second kappa shape index (κ2) is 7.85. The first kappa shape index (κ1) is 17.1. The average molecular weight is 314 g/mol. The fourth-order valence-corrected chi connectivity index (χ4v) is 2.86. The molecule has 0 aliphatic carbocycles. The van der Waals surface area contributed by atoms with Crippen molar-refractivity contribution >= 4 is 11.8 Å². The molecule has 22 heavy (non-hydrogen) atoms. The van der Waals surface area contributed by atoms with Gasteiger partial charge in [-0.1, -0.05) is 50.2 Å². The van der Waals surface area contributed by atoms with Crippen LogP contribution < -0.4 is 0 Å². The number of ether oxygens (including phenoxy) is 1. The fourth-order valence-electron chi connectivity index (χ4n) is 2.46. The van der Waals surface area contributed by atoms with Crippen LogP contribution in [0.1, 0.15) is 56.4 Å². The van der Waals surface area contributed by atoms with Crippen molar-refractivity contribution in [3.05, 3.63) is 65.2 Å². The number of hydrogen-bond acceptors (Lipinski definition) is 2. The van der Waals surface area contributed by atoms with E-state index in [0.29, 0.717) is 5.92 Å². The van der Waals surface area contributed by atoms with Crippen molar-refractivity contribution in [2.24, 2.45) is 0 Å². The van der Waals surface area contributed by atoms with E-state index in [1.807, 2.05) is 0 Å². The van der Waals surface area contributed by atoms with E-state index in [1.165, 1.54) is 21.6 Å². The van der Waals surface area contributed by atoms with Gasteiger partial charge in [0.05, 0.1) is 6.10 Å². The maximum absolute atomic E-state index is 6.19. The van der Waals surface area contributed by atoms with E-state index in [1.54, 1.807) is 11.8 Å². The third-order valence-corrected chi connectivity index (χ3v) is 4.48. The van der Waals surface area contributed by atoms with Crippen molar-refractivity contribution < 1.29 is 4.74 Å². The van der Waals surface area contributed by atoms with E-state index >= 15 is 0 Å². The predicted molar refractivity (Wildman–Crippen MR) is 96.8 cm³/mol. The lowest BCUT2D eigenvalue weighted by Gasteiger charge is -2.22. The Bertz CT molecular complexity index is 570. The second-order valence-corrected chi connectivity index (χ2v) is 7.04. The lowest BCUT2D eigenvalue weighted by molar-refractivity contribution is 0.0303. The highest BCUT2D eigenvalue weighted by Crippen LogP contribution is 2.30. The van der Waals surface area contributed by atoms with E-state index in [0.717, 1.165) is 0 Å². The molecule has 0 fully saturated rings. The molecule has 0 heterocycles. The quantitative estimate of drug-likeness (QED) is 0.601. The van der Waals surface area contributed by atoms with Crippen molar-refractivity contribution in [1.29, 1.82) is 0 Å². The van der Waals surface area contributed by atoms with Crippen LogP contribution in [0.25, 0.3) is 0 Å². The van der Waals surface area contributed by atoms with Crippen molar-refractivity contribution in [3.63, 3.8) is 0 Å². The molecule has 2 aromatic rings. The van der Waals surface area contributed by atoms with Gasteiger partial charge >= 0.3 is 0 Å². The van der Waals surface area contributed by atoms with Crippen LogP contribution in [-0.2, 0) is 4.74 Å². The van der Waals surface area contributed by atoms with Crippen LogP contribution in [0, 0.1) is 0 Å². The zero-order valence-corrected chi connectivity index (χ0v) is 15.0. The number of thioether (sulfide) groups is 1. The Morgan fingerprint density at radius 1 is 0.727 bits per heavy atom. The first-order valence-corrected chi connectivity index (χ1v) is 9.13. The number of hydrogen-bond donors (Lipinski definition) is 0. The average Bonchev–Trinajstić information content (AvgIpc) is 2.53. The van der Waals surface area contributed by atoms with E-state index < -0.39 is 0 Å². The lowest BCUT2D eigenvalue weighted by Crippen LogP contribution is -2.12. The van der Waals surface area contributed by atoms with Crippen LogP contribution in [0.5, 0.6) is 0 Å². The minimum absolute atomic E-state index is 0.00267. The molecule has 0 radical (unpaired) electrons. The molecule has 0 aliphatic heterocycles. The van der Waals surface area contributed by atoms with Gasteiger partial charge in [0.15, 0.2) is 0 Å². The standard InChI is InChI=1S/C20H26OS/c1-14(2)16-6-8-17(9-7-16)20(21-15(3)4)18-10-12-19(22-5)13-11-18/h6-15,20H,1-5H3. The first-order valence-electron chi connectivity index (χ1n) is 7.90. The zero-order valence-electron chi connectivity index (χ0n) is 14.2. The van der Waals surface area contributed by atoms with Gasteiger partial charge in [-0.05, 0) is 54.8 Å². The molecule has 0 bridgehead atoms. The van der Waals surface area contributed by atoms with Crippen LogP contribution in [0.4, 0.5) is 0 Å². The zero-order chi connectivity index (χ0) is 16.1. The largest absolute Gasteiger partial charge is 0.366 e. The van der Waals surface area contributed by atoms with Gasteiger partial charge in [0, 0.05) is 4.90 Å². The highest BCUT2D eigenvalue weighted by atomic mass is 32.2. The van der Waals surface area contributed by atoms with Crippen LogP contribution in [-0.4, -0.2) is 12.4 Å². The summed E-state index contributed by atoms with van der Waals surface area (Å²) in [4.78, 5) is 1.28. The molecule has 0 amide bonds. The van der Waals surface area contributed by atoms with Crippen molar-refractivity contribution in [2.75, 3.05) is 6.26 Å². The molecule has 1 unspecified atom stereocenters. The maximum atomic E-state index is 6.19. The molecule has 118 valence electrons. The van der Waals surface area contributed by atoms with E-state index in [-0.39, 0.29) is 12.2 Å². The summed E-state index contributed by atoms with van der Waals surface area (Å²) in [7, 11) is 0. The molecule has 0 aromatic heterocycles. The fraction of sp³-hybridized carbons (Fsp3) is 0.400. The molecule has 2 aromatic carbocycles. The molecule has 0 spiro atoms. The van der Waals surface area contributed by atoms with Gasteiger partial charge in [0.2, 0.25) is 0 Å². The molecule has 2 heteroatoms. The Morgan fingerprint density at radius 3 is 1.59 bits per heavy atom. The Kier molecular flexibility index (Phi) is 6.10. The van der Waals surface area contributed by atoms with E-state index in [2.05, 4.69) is 82.5 Å². The Morgan fingerprint density at radius 2 is 1.18 bits per heavy atom. The monoisotopic (exact) mass is 314 g/mol. The normalized spacial score (nSPS) is 12.9. The molecule has 1 nitrogen and oxygen atoms in total. The molecule has 0 saturated heterocycles. The smallest absolute Gasteiger partial charge is 0.108 e. The SMILES string of the molecule is CSc1ccc(C(OC(C)C)c2ccc(C(C)C)cc2)cc1. The summed E-state index contributed by atoms with van der Waals surface area (Å²) in [6.45, 7) is 8.62. The molecule has 0 aliphatic rings. The van der Waals surface area contributed by atoms with Crippen molar-refractivity contribution in [3.8, 4) is 0 Å². The summed E-state index contributed by atoms with van der Waals surface area (Å²) < 4.78 is 6.19. The third kappa shape index (κ3) is 4.37. The summed E-state index contributed by atoms with van der Waals surface area (Å²) in [5.41, 5.74) is 3.79. The summed E-state index contributed by atoms with van der Waals surface area (Å²) >= 11 is 1.76. The summed E-state index contributed by atoms with van der Waals surface area (Å²) in [6.07, 6.45) is 2.29. The van der Waals surface area contributed by atoms with Crippen LogP contribution >= 0.6 is 11.8 Å². The maximum Gasteiger partial charge on any atom is 0.108 e. The van der Waals surface area contributed by atoms with Crippen LogP contribution in [0.3, 0.4) is 0 Å². The molecule has 0 saturated carbocycles. The molecule has 0 N–H and O–H groups in total. The summed E-state index contributed by atoms with van der Waals surface area (Å²) in [5, 5.41) is 0. The third-order valence-electron chi connectivity index (χ3n) is 3.73. The Hall–Kier alpha value is -1.25. The highest BCUT2D eigenvalue weighted by molar-refractivity contribution is 7.98. The molecular weight excluding hydrogens is 288 g/mol. The van der Waals surface area contributed by atoms with Gasteiger partial charge in [-0.3, -0.25) is 0 Å². The van der Waals surface area contributed by atoms with Gasteiger partial charge in [0.1, 0.15) is 6.10 Å². The number of rotatable bonds is 6. The van der Waals surface area contributed by atoms with Gasteiger partial charge < -0.3 is 4.74 Å². The van der Waals surface area contributed by atoms with Gasteiger partial charge in [-0.25, -0.2) is 0 Å².